The van der Waals surface area contributed by atoms with Crippen LogP contribution in [0.4, 0.5) is 8.78 Å². The largest absolute Gasteiger partial charge is 0.472 e. The average Bonchev–Trinajstić information content (AvgIpc) is 2.82. The fourth-order valence-corrected chi connectivity index (χ4v) is 4.12. The molecule has 3 aromatic rings. The van der Waals surface area contributed by atoms with Crippen LogP contribution in [0.15, 0.2) is 51.7 Å². The minimum Gasteiger partial charge on any atom is -0.472 e. The number of carbonyl (C=O) groups is 1. The van der Waals surface area contributed by atoms with E-state index in [0.717, 1.165) is 25.2 Å². The Labute approximate surface area is 203 Å². The molecule has 4 rings (SSSR count). The summed E-state index contributed by atoms with van der Waals surface area (Å²) in [7, 11) is 2.02. The lowest BCUT2D eigenvalue weighted by Crippen LogP contribution is -2.47. The first-order chi connectivity index (χ1) is 16.2. The number of hydrogen-bond acceptors (Lipinski definition) is 5. The van der Waals surface area contributed by atoms with Crippen molar-refractivity contribution in [3.05, 3.63) is 85.9 Å². The van der Waals surface area contributed by atoms with Crippen LogP contribution < -0.4 is 10.3 Å². The van der Waals surface area contributed by atoms with E-state index in [9.17, 15) is 18.4 Å². The Hall–Kier alpha value is -3.11. The van der Waals surface area contributed by atoms with Gasteiger partial charge in [0.05, 0.1) is 5.69 Å². The number of benzene rings is 2. The van der Waals surface area contributed by atoms with Gasteiger partial charge in [0, 0.05) is 43.4 Å². The van der Waals surface area contributed by atoms with Gasteiger partial charge in [-0.3, -0.25) is 14.2 Å². The van der Waals surface area contributed by atoms with Gasteiger partial charge < -0.3 is 14.5 Å². The molecule has 1 saturated heterocycles. The molecule has 0 radical (unpaired) electrons. The van der Waals surface area contributed by atoms with Crippen molar-refractivity contribution >= 4 is 21.8 Å². The number of hydrogen-bond donors (Lipinski definition) is 0. The van der Waals surface area contributed by atoms with Crippen molar-refractivity contribution in [3.8, 4) is 11.6 Å². The van der Waals surface area contributed by atoms with E-state index >= 15 is 0 Å². The van der Waals surface area contributed by atoms with Gasteiger partial charge in [-0.2, -0.15) is 4.98 Å². The molecule has 34 heavy (non-hydrogen) atoms. The molecule has 0 unspecified atom stereocenters. The number of carbonyl (C=O) groups excluding carboxylic acids is 1. The molecule has 0 saturated carbocycles. The first-order valence-electron chi connectivity index (χ1n) is 10.7. The third-order valence-corrected chi connectivity index (χ3v) is 6.37. The van der Waals surface area contributed by atoms with E-state index in [-0.39, 0.29) is 28.4 Å². The second-order valence-corrected chi connectivity index (χ2v) is 8.88. The molecular weight excluding hydrogens is 510 g/mol. The van der Waals surface area contributed by atoms with E-state index in [4.69, 9.17) is 4.74 Å². The Morgan fingerprint density at radius 3 is 2.56 bits per heavy atom. The van der Waals surface area contributed by atoms with Gasteiger partial charge in [0.25, 0.3) is 11.5 Å². The van der Waals surface area contributed by atoms with Crippen LogP contribution in [0.25, 0.3) is 5.69 Å². The van der Waals surface area contributed by atoms with E-state index in [0.29, 0.717) is 30.2 Å². The molecule has 1 amide bonds. The third-order valence-electron chi connectivity index (χ3n) is 5.69. The molecule has 0 bridgehead atoms. The number of ether oxygens (including phenoxy) is 1. The molecule has 0 N–H and O–H groups in total. The van der Waals surface area contributed by atoms with Crippen molar-refractivity contribution in [2.45, 2.75) is 13.5 Å². The summed E-state index contributed by atoms with van der Waals surface area (Å²) >= 11 is 3.23. The molecule has 1 fully saturated rings. The number of piperazine rings is 1. The molecule has 1 aromatic heterocycles. The van der Waals surface area contributed by atoms with Crippen LogP contribution in [0.3, 0.4) is 0 Å². The second kappa shape index (κ2) is 10.0. The lowest BCUT2D eigenvalue weighted by Gasteiger charge is -2.32. The Balaban J connectivity index is 1.59. The Kier molecular flexibility index (Phi) is 7.08. The average molecular weight is 533 g/mol. The van der Waals surface area contributed by atoms with Gasteiger partial charge in [0.2, 0.25) is 5.88 Å². The minimum absolute atomic E-state index is 0.00728. The highest BCUT2D eigenvalue weighted by Gasteiger charge is 2.22. The van der Waals surface area contributed by atoms with Gasteiger partial charge in [-0.05, 0) is 60.2 Å². The van der Waals surface area contributed by atoms with Crippen molar-refractivity contribution in [2.75, 3.05) is 33.2 Å². The molecule has 178 valence electrons. The zero-order valence-electron chi connectivity index (χ0n) is 18.7. The standard InChI is InChI=1S/C24H23BrF2N4O3/c1-15-28-22(34-14-17-6-7-18(26)13-20(17)27)21(25)24(33)31(15)19-5-3-4-16(12-19)23(32)30-10-8-29(2)9-11-30/h3-7,12-13H,8-11,14H2,1-2H3. The van der Waals surface area contributed by atoms with Gasteiger partial charge in [-0.1, -0.05) is 6.07 Å². The molecule has 2 aromatic carbocycles. The summed E-state index contributed by atoms with van der Waals surface area (Å²) in [6.45, 7) is 4.32. The summed E-state index contributed by atoms with van der Waals surface area (Å²) in [5.74, 6) is -1.21. The SMILES string of the molecule is Cc1nc(OCc2ccc(F)cc2F)c(Br)c(=O)n1-c1cccc(C(=O)N2CCN(C)CC2)c1. The van der Waals surface area contributed by atoms with Crippen LogP contribution in [-0.2, 0) is 6.61 Å². The van der Waals surface area contributed by atoms with Crippen LogP contribution in [0, 0.1) is 18.6 Å². The molecule has 1 aliphatic heterocycles. The number of aryl methyl sites for hydroxylation is 1. The predicted octanol–water partition coefficient (Wildman–Crippen LogP) is 3.55. The first kappa shape index (κ1) is 24.0. The lowest BCUT2D eigenvalue weighted by atomic mass is 10.1. The topological polar surface area (TPSA) is 67.7 Å². The third kappa shape index (κ3) is 5.02. The second-order valence-electron chi connectivity index (χ2n) is 8.09. The van der Waals surface area contributed by atoms with E-state index in [1.54, 1.807) is 36.1 Å². The van der Waals surface area contributed by atoms with Gasteiger partial charge in [-0.15, -0.1) is 0 Å². The number of likely N-dealkylation sites (N-methyl/N-ethyl adjacent to an activating group) is 1. The zero-order chi connectivity index (χ0) is 24.4. The summed E-state index contributed by atoms with van der Waals surface area (Å²) < 4.78 is 34.0. The summed E-state index contributed by atoms with van der Waals surface area (Å²) in [6.07, 6.45) is 0. The molecule has 1 aliphatic rings. The van der Waals surface area contributed by atoms with E-state index in [1.165, 1.54) is 10.6 Å². The van der Waals surface area contributed by atoms with Crippen LogP contribution in [0.2, 0.25) is 0 Å². The van der Waals surface area contributed by atoms with Crippen LogP contribution >= 0.6 is 15.9 Å². The Bertz CT molecular complexity index is 1290. The summed E-state index contributed by atoms with van der Waals surface area (Å²) in [5, 5.41) is 0. The van der Waals surface area contributed by atoms with Gasteiger partial charge in [0.1, 0.15) is 28.5 Å². The van der Waals surface area contributed by atoms with E-state index in [1.807, 2.05) is 7.05 Å². The fraction of sp³-hybridized carbons (Fsp3) is 0.292. The molecule has 10 heteroatoms. The molecule has 0 spiro atoms. The Morgan fingerprint density at radius 1 is 1.12 bits per heavy atom. The predicted molar refractivity (Wildman–Crippen MR) is 126 cm³/mol. The normalized spacial score (nSPS) is 14.3. The highest BCUT2D eigenvalue weighted by Crippen LogP contribution is 2.23. The van der Waals surface area contributed by atoms with Crippen molar-refractivity contribution in [2.24, 2.45) is 0 Å². The minimum atomic E-state index is -0.747. The fourth-order valence-electron chi connectivity index (χ4n) is 3.74. The van der Waals surface area contributed by atoms with E-state index < -0.39 is 17.2 Å². The van der Waals surface area contributed by atoms with Crippen molar-refractivity contribution < 1.29 is 18.3 Å². The summed E-state index contributed by atoms with van der Waals surface area (Å²) in [4.78, 5) is 34.4. The Morgan fingerprint density at radius 2 is 1.85 bits per heavy atom. The number of halogens is 3. The lowest BCUT2D eigenvalue weighted by molar-refractivity contribution is 0.0664. The number of rotatable bonds is 5. The van der Waals surface area contributed by atoms with Crippen LogP contribution in [0.5, 0.6) is 5.88 Å². The molecule has 0 atom stereocenters. The summed E-state index contributed by atoms with van der Waals surface area (Å²) in [6, 6.07) is 10.00. The smallest absolute Gasteiger partial charge is 0.276 e. The maximum absolute atomic E-state index is 13.9. The molecule has 2 heterocycles. The number of nitrogens with zero attached hydrogens (tertiary/aromatic N) is 4. The number of aromatic nitrogens is 2. The van der Waals surface area contributed by atoms with E-state index in [2.05, 4.69) is 25.8 Å². The van der Waals surface area contributed by atoms with Crippen LogP contribution in [0.1, 0.15) is 21.7 Å². The quantitative estimate of drug-likeness (QED) is 0.502. The number of amides is 1. The van der Waals surface area contributed by atoms with Gasteiger partial charge >= 0.3 is 0 Å². The summed E-state index contributed by atoms with van der Waals surface area (Å²) in [5.41, 5.74) is 0.668. The molecule has 0 aliphatic carbocycles. The van der Waals surface area contributed by atoms with Gasteiger partial charge in [0.15, 0.2) is 0 Å². The monoisotopic (exact) mass is 532 g/mol. The zero-order valence-corrected chi connectivity index (χ0v) is 20.3. The van der Waals surface area contributed by atoms with Crippen molar-refractivity contribution in [3.63, 3.8) is 0 Å². The maximum Gasteiger partial charge on any atom is 0.276 e. The maximum atomic E-state index is 13.9. The van der Waals surface area contributed by atoms with Crippen molar-refractivity contribution in [1.29, 1.82) is 0 Å². The molecule has 7 nitrogen and oxygen atoms in total. The van der Waals surface area contributed by atoms with Crippen LogP contribution in [-0.4, -0.2) is 58.5 Å². The van der Waals surface area contributed by atoms with Crippen molar-refractivity contribution in [1.82, 2.24) is 19.4 Å². The van der Waals surface area contributed by atoms with Gasteiger partial charge in [-0.25, -0.2) is 8.78 Å². The highest BCUT2D eigenvalue weighted by molar-refractivity contribution is 9.10. The first-order valence-corrected chi connectivity index (χ1v) is 11.5. The highest BCUT2D eigenvalue weighted by atomic mass is 79.9. The molecular formula is C24H23BrF2N4O3.